The van der Waals surface area contributed by atoms with Gasteiger partial charge >= 0.3 is 29.8 Å². The van der Waals surface area contributed by atoms with Crippen molar-refractivity contribution < 1.29 is 52.4 Å². The Bertz CT molecular complexity index is 2700. The largest absolute Gasteiger partial charge is 0.481 e. The maximum absolute atomic E-state index is 13.7. The summed E-state index contributed by atoms with van der Waals surface area (Å²) in [6, 6.07) is 49.0. The van der Waals surface area contributed by atoms with E-state index in [1.807, 2.05) is 0 Å². The molecule has 7 aromatic carbocycles. The van der Waals surface area contributed by atoms with Gasteiger partial charge in [0.15, 0.2) is 17.6 Å². The van der Waals surface area contributed by atoms with Gasteiger partial charge < -0.3 is 28.4 Å². The van der Waals surface area contributed by atoms with E-state index in [0.29, 0.717) is 11.1 Å². The van der Waals surface area contributed by atoms with Crippen molar-refractivity contribution in [3.63, 3.8) is 0 Å². The van der Waals surface area contributed by atoms with E-state index in [2.05, 4.69) is 0 Å². The second kappa shape index (κ2) is 18.1. The molecule has 1 aliphatic rings. The van der Waals surface area contributed by atoms with Crippen molar-refractivity contribution in [2.75, 3.05) is 0 Å². The third-order valence-corrected chi connectivity index (χ3v) is 9.56. The zero-order chi connectivity index (χ0) is 42.1. The van der Waals surface area contributed by atoms with E-state index < -0.39 is 42.1 Å². The molecule has 0 aliphatic carbocycles. The van der Waals surface area contributed by atoms with E-state index in [1.54, 1.807) is 158 Å². The van der Waals surface area contributed by atoms with Crippen LogP contribution in [0.1, 0.15) is 69.0 Å². The van der Waals surface area contributed by atoms with E-state index in [-0.39, 0.29) is 63.0 Å². The van der Waals surface area contributed by atoms with E-state index in [1.165, 1.54) is 24.3 Å². The van der Waals surface area contributed by atoms with Crippen LogP contribution in [0.25, 0.3) is 0 Å². The number of carbonyl (C=O) groups excluding carboxylic acids is 5. The molecule has 0 unspecified atom stereocenters. The minimum atomic E-state index is -1.11. The number of esters is 5. The molecule has 1 heterocycles. The highest BCUT2D eigenvalue weighted by Gasteiger charge is 2.38. The SMILES string of the molecule is O=C(Oc1cc(OC(=O)c2ccccc2)c2c(c1)O[C@H](c1ccc(OC(=O)c3ccccc3)c(OC(=O)c3ccccc3)c1)[C@@H](OC(=O)c1ccccc1)C2)c1ccccc1. The molecule has 0 saturated heterocycles. The van der Waals surface area contributed by atoms with E-state index in [9.17, 15) is 24.0 Å². The van der Waals surface area contributed by atoms with Crippen LogP contribution < -0.4 is 23.7 Å². The fourth-order valence-electron chi connectivity index (χ4n) is 6.54. The van der Waals surface area contributed by atoms with Crippen LogP contribution in [0.3, 0.4) is 0 Å². The average Bonchev–Trinajstić information content (AvgIpc) is 3.31. The van der Waals surface area contributed by atoms with Crippen molar-refractivity contribution in [3.8, 4) is 28.7 Å². The fraction of sp³-hybridized carbons (Fsp3) is 0.0600. The van der Waals surface area contributed by atoms with Gasteiger partial charge in [0.25, 0.3) is 0 Å². The number of ether oxygens (including phenoxy) is 6. The first-order chi connectivity index (χ1) is 29.8. The molecule has 2 atom stereocenters. The first-order valence-electron chi connectivity index (χ1n) is 19.1. The second-order valence-electron chi connectivity index (χ2n) is 13.7. The fourth-order valence-corrected chi connectivity index (χ4v) is 6.54. The minimum Gasteiger partial charge on any atom is -0.481 e. The first kappa shape index (κ1) is 39.5. The molecule has 0 fully saturated rings. The molecule has 8 rings (SSSR count). The van der Waals surface area contributed by atoms with Crippen molar-refractivity contribution in [3.05, 3.63) is 221 Å². The van der Waals surface area contributed by atoms with E-state index in [4.69, 9.17) is 28.4 Å². The predicted octanol–water partition coefficient (Wildman–Crippen LogP) is 9.47. The monoisotopic (exact) mass is 810 g/mol. The van der Waals surface area contributed by atoms with Crippen LogP contribution in [0.2, 0.25) is 0 Å². The Morgan fingerprint density at radius 3 is 1.30 bits per heavy atom. The van der Waals surface area contributed by atoms with Gasteiger partial charge in [-0.15, -0.1) is 0 Å². The van der Waals surface area contributed by atoms with Crippen molar-refractivity contribution in [1.29, 1.82) is 0 Å². The molecule has 61 heavy (non-hydrogen) atoms. The molecule has 11 nitrogen and oxygen atoms in total. The van der Waals surface area contributed by atoms with Crippen molar-refractivity contribution in [1.82, 2.24) is 0 Å². The van der Waals surface area contributed by atoms with Gasteiger partial charge in [-0.1, -0.05) is 97.1 Å². The van der Waals surface area contributed by atoms with Crippen LogP contribution in [0, 0.1) is 0 Å². The number of carbonyl (C=O) groups is 5. The highest BCUT2D eigenvalue weighted by molar-refractivity contribution is 5.94. The molecule has 0 saturated carbocycles. The normalized spacial score (nSPS) is 14.0. The van der Waals surface area contributed by atoms with Gasteiger partial charge in [0, 0.05) is 29.7 Å². The lowest BCUT2D eigenvalue weighted by molar-refractivity contribution is -0.0189. The third-order valence-electron chi connectivity index (χ3n) is 9.56. The zero-order valence-electron chi connectivity index (χ0n) is 32.2. The van der Waals surface area contributed by atoms with Crippen LogP contribution in [0.5, 0.6) is 28.7 Å². The highest BCUT2D eigenvalue weighted by Crippen LogP contribution is 2.45. The summed E-state index contributed by atoms with van der Waals surface area (Å²) in [5.41, 5.74) is 2.00. The Labute approximate surface area is 349 Å². The summed E-state index contributed by atoms with van der Waals surface area (Å²) >= 11 is 0. The van der Waals surface area contributed by atoms with Gasteiger partial charge in [-0.25, -0.2) is 24.0 Å². The molecule has 0 amide bonds. The van der Waals surface area contributed by atoms with Gasteiger partial charge in [0.1, 0.15) is 23.4 Å². The lowest BCUT2D eigenvalue weighted by Gasteiger charge is -2.34. The van der Waals surface area contributed by atoms with Crippen molar-refractivity contribution >= 4 is 29.8 Å². The topological polar surface area (TPSA) is 141 Å². The minimum absolute atomic E-state index is 0.00192. The summed E-state index contributed by atoms with van der Waals surface area (Å²) < 4.78 is 36.2. The Balaban J connectivity index is 1.21. The first-order valence-corrected chi connectivity index (χ1v) is 19.1. The summed E-state index contributed by atoms with van der Waals surface area (Å²) in [4.78, 5) is 67.1. The maximum Gasteiger partial charge on any atom is 0.343 e. The van der Waals surface area contributed by atoms with Gasteiger partial charge in [-0.2, -0.15) is 0 Å². The van der Waals surface area contributed by atoms with Crippen LogP contribution in [-0.2, 0) is 11.2 Å². The van der Waals surface area contributed by atoms with Crippen LogP contribution in [0.15, 0.2) is 182 Å². The molecule has 0 radical (unpaired) electrons. The summed E-state index contributed by atoms with van der Waals surface area (Å²) in [5, 5.41) is 0. The summed E-state index contributed by atoms with van der Waals surface area (Å²) in [5.74, 6) is -3.50. The Hall–Kier alpha value is -8.31. The summed E-state index contributed by atoms with van der Waals surface area (Å²) in [6.45, 7) is 0. The highest BCUT2D eigenvalue weighted by atomic mass is 16.6. The third kappa shape index (κ3) is 9.37. The molecule has 0 aromatic heterocycles. The number of hydrogen-bond acceptors (Lipinski definition) is 11. The van der Waals surface area contributed by atoms with Crippen LogP contribution >= 0.6 is 0 Å². The second-order valence-corrected chi connectivity index (χ2v) is 13.7. The molecule has 7 aromatic rings. The summed E-state index contributed by atoms with van der Waals surface area (Å²) in [7, 11) is 0. The van der Waals surface area contributed by atoms with Crippen LogP contribution in [-0.4, -0.2) is 36.0 Å². The van der Waals surface area contributed by atoms with E-state index in [0.717, 1.165) is 0 Å². The maximum atomic E-state index is 13.7. The smallest absolute Gasteiger partial charge is 0.343 e. The van der Waals surface area contributed by atoms with Crippen molar-refractivity contribution in [2.24, 2.45) is 0 Å². The molecule has 0 spiro atoms. The van der Waals surface area contributed by atoms with Gasteiger partial charge in [-0.05, 0) is 72.8 Å². The number of fused-ring (bicyclic) bond motifs is 1. The Kier molecular flexibility index (Phi) is 11.7. The van der Waals surface area contributed by atoms with Gasteiger partial charge in [0.2, 0.25) is 0 Å². The molecule has 0 bridgehead atoms. The lowest BCUT2D eigenvalue weighted by atomic mass is 9.93. The summed E-state index contributed by atoms with van der Waals surface area (Å²) in [6.07, 6.45) is -2.24. The molecular formula is C50H34O11. The molecule has 0 N–H and O–H groups in total. The quantitative estimate of drug-likeness (QED) is 0.0911. The molecule has 11 heteroatoms. The Morgan fingerprint density at radius 1 is 0.410 bits per heavy atom. The lowest BCUT2D eigenvalue weighted by Crippen LogP contribution is -2.35. The Morgan fingerprint density at radius 2 is 0.820 bits per heavy atom. The van der Waals surface area contributed by atoms with Crippen LogP contribution in [0.4, 0.5) is 0 Å². The number of rotatable bonds is 11. The van der Waals surface area contributed by atoms with Crippen molar-refractivity contribution in [2.45, 2.75) is 18.6 Å². The number of benzene rings is 7. The molecule has 1 aliphatic heterocycles. The zero-order valence-corrected chi connectivity index (χ0v) is 32.2. The van der Waals surface area contributed by atoms with Gasteiger partial charge in [0.05, 0.1) is 27.8 Å². The van der Waals surface area contributed by atoms with Gasteiger partial charge in [-0.3, -0.25) is 0 Å². The standard InChI is InChI=1S/C50H34O11/c51-46(32-16-6-1-7-17-32)56-38-29-41-39(42(30-38)59-48(53)34-20-10-3-11-21-34)31-44(61-50(55)36-24-14-5-15-25-36)45(57-41)37-26-27-40(58-47(52)33-18-8-2-9-19-33)43(28-37)60-49(54)35-22-12-4-13-23-35/h1-30,44-45H,31H2/t44-,45+/m0/s1. The molecular weight excluding hydrogens is 777 g/mol. The average molecular weight is 811 g/mol. The predicted molar refractivity (Wildman–Crippen MR) is 221 cm³/mol. The number of hydrogen-bond donors (Lipinski definition) is 0. The van der Waals surface area contributed by atoms with E-state index >= 15 is 0 Å². The molecule has 300 valence electrons.